The highest BCUT2D eigenvalue weighted by molar-refractivity contribution is 5.76. The number of hydrogen-bond donors (Lipinski definition) is 0. The minimum absolute atomic E-state index is 0.254. The standard InChI is InChI=1S/C18H24N6O3/c1-6-7-8-22-14-15(19-17(22)24-12(3)9-11(2)20-24)21(5)18(27)23(16(14)26)10-13(4)25/h9H,6-8,10H2,1-5H3. The lowest BCUT2D eigenvalue weighted by Crippen LogP contribution is -2.41. The Balaban J connectivity index is 2.41. The molecule has 0 aliphatic rings. The molecule has 3 rings (SSSR count). The maximum atomic E-state index is 13.1. The van der Waals surface area contributed by atoms with Gasteiger partial charge in [-0.1, -0.05) is 13.3 Å². The molecule has 0 atom stereocenters. The lowest BCUT2D eigenvalue weighted by molar-refractivity contribution is -0.117. The summed E-state index contributed by atoms with van der Waals surface area (Å²) < 4.78 is 5.78. The van der Waals surface area contributed by atoms with E-state index in [-0.39, 0.29) is 12.3 Å². The summed E-state index contributed by atoms with van der Waals surface area (Å²) in [5, 5.41) is 4.48. The minimum Gasteiger partial charge on any atom is -0.302 e. The van der Waals surface area contributed by atoms with Crippen LogP contribution in [0.25, 0.3) is 17.1 Å². The van der Waals surface area contributed by atoms with Crippen LogP contribution in [0.2, 0.25) is 0 Å². The fourth-order valence-electron chi connectivity index (χ4n) is 3.24. The number of Topliss-reactive ketones (excluding diaryl/α,β-unsaturated/α-hetero) is 1. The van der Waals surface area contributed by atoms with E-state index in [1.54, 1.807) is 16.3 Å². The van der Waals surface area contributed by atoms with Gasteiger partial charge in [-0.05, 0) is 33.3 Å². The van der Waals surface area contributed by atoms with Crippen LogP contribution in [-0.4, -0.2) is 34.2 Å². The fourth-order valence-corrected chi connectivity index (χ4v) is 3.24. The van der Waals surface area contributed by atoms with E-state index in [0.29, 0.717) is 23.7 Å². The summed E-state index contributed by atoms with van der Waals surface area (Å²) in [6.07, 6.45) is 1.77. The van der Waals surface area contributed by atoms with Crippen LogP contribution in [-0.2, 0) is 24.9 Å². The quantitative estimate of drug-likeness (QED) is 0.645. The fraction of sp³-hybridized carbons (Fsp3) is 0.500. The third-order valence-corrected chi connectivity index (χ3v) is 4.53. The zero-order valence-electron chi connectivity index (χ0n) is 16.3. The molecule has 0 saturated heterocycles. The molecule has 3 aromatic rings. The van der Waals surface area contributed by atoms with Crippen molar-refractivity contribution in [3.8, 4) is 5.95 Å². The molecule has 9 nitrogen and oxygen atoms in total. The van der Waals surface area contributed by atoms with Gasteiger partial charge in [-0.25, -0.2) is 9.48 Å². The molecule has 9 heteroatoms. The first-order valence-electron chi connectivity index (χ1n) is 8.99. The van der Waals surface area contributed by atoms with Crippen molar-refractivity contribution in [1.29, 1.82) is 0 Å². The van der Waals surface area contributed by atoms with Crippen LogP contribution in [0.15, 0.2) is 15.7 Å². The van der Waals surface area contributed by atoms with Crippen molar-refractivity contribution in [2.45, 2.75) is 53.6 Å². The van der Waals surface area contributed by atoms with Crippen LogP contribution in [0.5, 0.6) is 0 Å². The van der Waals surface area contributed by atoms with E-state index in [1.807, 2.05) is 19.9 Å². The number of imidazole rings is 1. The number of ketones is 1. The molecule has 0 bridgehead atoms. The van der Waals surface area contributed by atoms with Crippen LogP contribution in [0.4, 0.5) is 0 Å². The monoisotopic (exact) mass is 372 g/mol. The minimum atomic E-state index is -0.553. The zero-order chi connectivity index (χ0) is 19.9. The van der Waals surface area contributed by atoms with Crippen molar-refractivity contribution in [2.75, 3.05) is 0 Å². The van der Waals surface area contributed by atoms with Gasteiger partial charge < -0.3 is 4.57 Å². The highest BCUT2D eigenvalue weighted by Gasteiger charge is 2.22. The van der Waals surface area contributed by atoms with Crippen LogP contribution < -0.4 is 11.2 Å². The van der Waals surface area contributed by atoms with Crippen LogP contribution in [0.3, 0.4) is 0 Å². The van der Waals surface area contributed by atoms with Crippen molar-refractivity contribution < 1.29 is 4.79 Å². The average Bonchev–Trinajstić information content (AvgIpc) is 3.14. The predicted octanol–water partition coefficient (Wildman–Crippen LogP) is 1.09. The van der Waals surface area contributed by atoms with Crippen molar-refractivity contribution >= 4 is 16.9 Å². The largest absolute Gasteiger partial charge is 0.332 e. The summed E-state index contributed by atoms with van der Waals surface area (Å²) in [4.78, 5) is 41.8. The Morgan fingerprint density at radius 3 is 2.44 bits per heavy atom. The molecule has 0 unspecified atom stereocenters. The van der Waals surface area contributed by atoms with E-state index in [4.69, 9.17) is 0 Å². The van der Waals surface area contributed by atoms with E-state index in [1.165, 1.54) is 11.5 Å². The molecular formula is C18H24N6O3. The molecule has 144 valence electrons. The predicted molar refractivity (Wildman–Crippen MR) is 101 cm³/mol. The Bertz CT molecular complexity index is 1140. The van der Waals surface area contributed by atoms with Crippen LogP contribution in [0, 0.1) is 13.8 Å². The van der Waals surface area contributed by atoms with E-state index in [0.717, 1.165) is 28.8 Å². The van der Waals surface area contributed by atoms with Crippen molar-refractivity contribution in [3.63, 3.8) is 0 Å². The van der Waals surface area contributed by atoms with Crippen LogP contribution in [0.1, 0.15) is 38.1 Å². The van der Waals surface area contributed by atoms with Gasteiger partial charge in [0.15, 0.2) is 11.2 Å². The second-order valence-corrected chi connectivity index (χ2v) is 6.86. The molecule has 3 heterocycles. The normalized spacial score (nSPS) is 11.4. The van der Waals surface area contributed by atoms with Gasteiger partial charge in [0.05, 0.1) is 12.2 Å². The Morgan fingerprint density at radius 1 is 1.19 bits per heavy atom. The van der Waals surface area contributed by atoms with Gasteiger partial charge in [-0.15, -0.1) is 0 Å². The van der Waals surface area contributed by atoms with E-state index in [2.05, 4.69) is 17.0 Å². The molecule has 0 spiro atoms. The van der Waals surface area contributed by atoms with Gasteiger partial charge in [0.2, 0.25) is 5.95 Å². The number of aromatic nitrogens is 6. The number of rotatable bonds is 6. The number of nitrogens with zero attached hydrogens (tertiary/aromatic N) is 6. The van der Waals surface area contributed by atoms with Gasteiger partial charge in [-0.3, -0.25) is 18.7 Å². The highest BCUT2D eigenvalue weighted by Crippen LogP contribution is 2.18. The first kappa shape index (κ1) is 18.8. The summed E-state index contributed by atoms with van der Waals surface area (Å²) in [5.41, 5.74) is 1.28. The maximum absolute atomic E-state index is 13.1. The van der Waals surface area contributed by atoms with Gasteiger partial charge in [0.25, 0.3) is 5.56 Å². The van der Waals surface area contributed by atoms with E-state index < -0.39 is 11.2 Å². The molecule has 0 aromatic carbocycles. The van der Waals surface area contributed by atoms with Gasteiger partial charge in [0.1, 0.15) is 5.78 Å². The maximum Gasteiger partial charge on any atom is 0.332 e. The molecule has 0 aliphatic carbocycles. The molecule has 0 N–H and O–H groups in total. The number of aryl methyl sites for hydroxylation is 4. The number of fused-ring (bicyclic) bond motifs is 1. The topological polar surface area (TPSA) is 96.7 Å². The Kier molecular flexibility index (Phi) is 4.86. The molecule has 0 saturated carbocycles. The van der Waals surface area contributed by atoms with E-state index in [9.17, 15) is 14.4 Å². The first-order valence-corrected chi connectivity index (χ1v) is 8.99. The Hall–Kier alpha value is -2.97. The number of unbranched alkanes of at least 4 members (excludes halogenated alkanes) is 1. The SMILES string of the molecule is CCCCn1c(-n2nc(C)cc2C)nc2c1c(=O)n(CC(C)=O)c(=O)n2C. The third-order valence-electron chi connectivity index (χ3n) is 4.53. The first-order chi connectivity index (χ1) is 12.8. The van der Waals surface area contributed by atoms with Crippen molar-refractivity contribution in [2.24, 2.45) is 7.05 Å². The lowest BCUT2D eigenvalue weighted by Gasteiger charge is -2.10. The van der Waals surface area contributed by atoms with Crippen molar-refractivity contribution in [1.82, 2.24) is 28.5 Å². The summed E-state index contributed by atoms with van der Waals surface area (Å²) in [6, 6.07) is 1.93. The van der Waals surface area contributed by atoms with Crippen LogP contribution >= 0.6 is 0 Å². The number of carbonyl (C=O) groups excluding carboxylic acids is 1. The summed E-state index contributed by atoms with van der Waals surface area (Å²) in [7, 11) is 1.56. The summed E-state index contributed by atoms with van der Waals surface area (Å²) in [5.74, 6) is 0.240. The van der Waals surface area contributed by atoms with Gasteiger partial charge in [-0.2, -0.15) is 10.1 Å². The third kappa shape index (κ3) is 3.13. The molecule has 0 amide bonds. The average molecular weight is 372 g/mol. The Labute approximate surface area is 155 Å². The lowest BCUT2D eigenvalue weighted by atomic mass is 10.3. The highest BCUT2D eigenvalue weighted by atomic mass is 16.2. The Morgan fingerprint density at radius 2 is 1.89 bits per heavy atom. The second kappa shape index (κ2) is 6.98. The van der Waals surface area contributed by atoms with Gasteiger partial charge >= 0.3 is 5.69 Å². The zero-order valence-corrected chi connectivity index (χ0v) is 16.3. The number of carbonyl (C=O) groups is 1. The van der Waals surface area contributed by atoms with Gasteiger partial charge in [0, 0.05) is 19.3 Å². The molecule has 0 aliphatic heterocycles. The molecular weight excluding hydrogens is 348 g/mol. The molecule has 0 radical (unpaired) electrons. The molecule has 3 aromatic heterocycles. The molecule has 27 heavy (non-hydrogen) atoms. The van der Waals surface area contributed by atoms with Crippen molar-refractivity contribution in [3.05, 3.63) is 38.3 Å². The number of hydrogen-bond acceptors (Lipinski definition) is 5. The summed E-state index contributed by atoms with van der Waals surface area (Å²) in [6.45, 7) is 7.52. The molecule has 0 fully saturated rings. The second-order valence-electron chi connectivity index (χ2n) is 6.86. The smallest absolute Gasteiger partial charge is 0.302 e. The summed E-state index contributed by atoms with van der Waals surface area (Å²) >= 11 is 0. The van der Waals surface area contributed by atoms with E-state index >= 15 is 0 Å².